The van der Waals surface area contributed by atoms with Gasteiger partial charge in [0.15, 0.2) is 0 Å². The topological polar surface area (TPSA) is 80.9 Å². The first-order valence-corrected chi connectivity index (χ1v) is 10.0. The summed E-state index contributed by atoms with van der Waals surface area (Å²) in [6.07, 6.45) is 0.706. The predicted octanol–water partition coefficient (Wildman–Crippen LogP) is 3.37. The number of piperazine rings is 1. The van der Waals surface area contributed by atoms with E-state index < -0.39 is 5.60 Å². The molecule has 1 aromatic carbocycles. The average molecular weight is 402 g/mol. The first-order valence-electron chi connectivity index (χ1n) is 10.0. The molecule has 0 unspecified atom stereocenters. The van der Waals surface area contributed by atoms with Crippen molar-refractivity contribution in [2.24, 2.45) is 0 Å². The van der Waals surface area contributed by atoms with Crippen molar-refractivity contribution in [3.8, 4) is 17.1 Å². The Hall–Kier alpha value is -2.61. The minimum absolute atomic E-state index is 0.222. The number of aryl methyl sites for hydroxylation is 1. The summed E-state index contributed by atoms with van der Waals surface area (Å²) in [5, 5.41) is 3.91. The molecule has 1 aliphatic rings. The number of ether oxygens (including phenoxy) is 2. The summed E-state index contributed by atoms with van der Waals surface area (Å²) < 4.78 is 16.3. The van der Waals surface area contributed by atoms with Crippen LogP contribution < -0.4 is 4.74 Å². The van der Waals surface area contributed by atoms with E-state index in [1.807, 2.05) is 45.0 Å². The number of benzene rings is 1. The normalized spacial score (nSPS) is 15.4. The second-order valence-electron chi connectivity index (χ2n) is 8.17. The van der Waals surface area contributed by atoms with E-state index in [2.05, 4.69) is 15.0 Å². The zero-order chi connectivity index (χ0) is 20.9. The van der Waals surface area contributed by atoms with Gasteiger partial charge in [-0.15, -0.1) is 0 Å². The Morgan fingerprint density at radius 3 is 2.41 bits per heavy atom. The van der Waals surface area contributed by atoms with Gasteiger partial charge in [0.05, 0.1) is 6.61 Å². The van der Waals surface area contributed by atoms with E-state index in [0.717, 1.165) is 37.4 Å². The molecule has 0 saturated carbocycles. The summed E-state index contributed by atoms with van der Waals surface area (Å²) in [6.45, 7) is 12.2. The van der Waals surface area contributed by atoms with Gasteiger partial charge in [0, 0.05) is 45.2 Å². The Bertz CT molecular complexity index is 790. The number of hydrogen-bond acceptors (Lipinski definition) is 7. The maximum atomic E-state index is 12.1. The summed E-state index contributed by atoms with van der Waals surface area (Å²) in [4.78, 5) is 20.5. The molecule has 0 spiro atoms. The van der Waals surface area contributed by atoms with Gasteiger partial charge in [-0.25, -0.2) is 4.79 Å². The van der Waals surface area contributed by atoms with Gasteiger partial charge in [0.25, 0.3) is 0 Å². The van der Waals surface area contributed by atoms with Crippen molar-refractivity contribution in [3.63, 3.8) is 0 Å². The van der Waals surface area contributed by atoms with E-state index in [1.165, 1.54) is 0 Å². The third-order valence-corrected chi connectivity index (χ3v) is 4.55. The number of amides is 1. The van der Waals surface area contributed by atoms with Crippen LogP contribution in [0, 0.1) is 6.92 Å². The van der Waals surface area contributed by atoms with Gasteiger partial charge < -0.3 is 18.9 Å². The molecule has 0 radical (unpaired) electrons. The Morgan fingerprint density at radius 1 is 1.14 bits per heavy atom. The minimum Gasteiger partial charge on any atom is -0.494 e. The van der Waals surface area contributed by atoms with E-state index in [4.69, 9.17) is 14.0 Å². The lowest BCUT2D eigenvalue weighted by atomic mass is 10.2. The molecule has 1 aromatic heterocycles. The molecule has 2 aromatic rings. The monoisotopic (exact) mass is 402 g/mol. The first-order chi connectivity index (χ1) is 13.8. The Kier molecular flexibility index (Phi) is 6.74. The molecule has 158 valence electrons. The van der Waals surface area contributed by atoms with E-state index in [9.17, 15) is 4.79 Å². The number of carbonyl (C=O) groups excluding carboxylic acids is 1. The molecule has 3 rings (SSSR count). The number of hydrogen-bond donors (Lipinski definition) is 0. The van der Waals surface area contributed by atoms with Crippen LogP contribution in [0.1, 0.15) is 33.1 Å². The lowest BCUT2D eigenvalue weighted by Gasteiger charge is -2.35. The fraction of sp³-hybridized carbons (Fsp3) is 0.571. The van der Waals surface area contributed by atoms with Gasteiger partial charge in [0.2, 0.25) is 11.7 Å². The van der Waals surface area contributed by atoms with Crippen molar-refractivity contribution in [1.82, 2.24) is 19.9 Å². The van der Waals surface area contributed by atoms with Crippen molar-refractivity contribution >= 4 is 6.09 Å². The van der Waals surface area contributed by atoms with Crippen molar-refractivity contribution in [3.05, 3.63) is 30.2 Å². The van der Waals surface area contributed by atoms with Crippen LogP contribution in [0.3, 0.4) is 0 Å². The van der Waals surface area contributed by atoms with Gasteiger partial charge in [-0.2, -0.15) is 4.98 Å². The minimum atomic E-state index is -0.450. The maximum absolute atomic E-state index is 12.1. The summed E-state index contributed by atoms with van der Waals surface area (Å²) >= 11 is 0. The molecule has 1 amide bonds. The first kappa shape index (κ1) is 21.1. The van der Waals surface area contributed by atoms with Crippen molar-refractivity contribution in [1.29, 1.82) is 0 Å². The van der Waals surface area contributed by atoms with Crippen LogP contribution >= 0.6 is 0 Å². The number of rotatable bonds is 6. The van der Waals surface area contributed by atoms with Gasteiger partial charge in [-0.1, -0.05) is 5.16 Å². The molecular formula is C21H30N4O4. The Morgan fingerprint density at radius 2 is 1.83 bits per heavy atom. The van der Waals surface area contributed by atoms with Crippen LogP contribution in [0.5, 0.6) is 5.75 Å². The number of carbonyl (C=O) groups is 1. The van der Waals surface area contributed by atoms with Crippen molar-refractivity contribution in [2.45, 2.75) is 39.7 Å². The van der Waals surface area contributed by atoms with E-state index in [0.29, 0.717) is 31.4 Å². The highest BCUT2D eigenvalue weighted by Gasteiger charge is 2.25. The summed E-state index contributed by atoms with van der Waals surface area (Å²) in [6, 6.07) is 7.69. The van der Waals surface area contributed by atoms with Crippen LogP contribution in [-0.4, -0.2) is 71.0 Å². The van der Waals surface area contributed by atoms with Crippen LogP contribution in [0.2, 0.25) is 0 Å². The van der Waals surface area contributed by atoms with Crippen LogP contribution in [0.4, 0.5) is 4.79 Å². The van der Waals surface area contributed by atoms with Gasteiger partial charge in [-0.05, 0) is 51.5 Å². The molecular weight excluding hydrogens is 372 g/mol. The van der Waals surface area contributed by atoms with Gasteiger partial charge in [-0.3, -0.25) is 4.90 Å². The van der Waals surface area contributed by atoms with Crippen LogP contribution in [-0.2, 0) is 4.74 Å². The van der Waals surface area contributed by atoms with E-state index in [1.54, 1.807) is 11.8 Å². The highest BCUT2D eigenvalue weighted by molar-refractivity contribution is 5.68. The largest absolute Gasteiger partial charge is 0.494 e. The molecule has 0 atom stereocenters. The van der Waals surface area contributed by atoms with Crippen molar-refractivity contribution in [2.75, 3.05) is 39.3 Å². The summed E-state index contributed by atoms with van der Waals surface area (Å²) in [5.74, 6) is 1.95. The molecule has 0 aliphatic carbocycles. The zero-order valence-corrected chi connectivity index (χ0v) is 17.7. The second-order valence-corrected chi connectivity index (χ2v) is 8.17. The second kappa shape index (κ2) is 9.26. The molecule has 29 heavy (non-hydrogen) atoms. The highest BCUT2D eigenvalue weighted by Crippen LogP contribution is 2.20. The molecule has 0 bridgehead atoms. The van der Waals surface area contributed by atoms with Gasteiger partial charge in [0.1, 0.15) is 11.4 Å². The quantitative estimate of drug-likeness (QED) is 0.685. The molecule has 8 nitrogen and oxygen atoms in total. The van der Waals surface area contributed by atoms with Crippen LogP contribution in [0.15, 0.2) is 28.8 Å². The Balaban J connectivity index is 1.34. The smallest absolute Gasteiger partial charge is 0.410 e. The SMILES string of the molecule is Cc1nc(-c2ccc(OCCCN3CCN(C(=O)OC(C)(C)C)CC3)cc2)no1. The highest BCUT2D eigenvalue weighted by atomic mass is 16.6. The lowest BCUT2D eigenvalue weighted by molar-refractivity contribution is 0.0142. The zero-order valence-electron chi connectivity index (χ0n) is 17.7. The van der Waals surface area contributed by atoms with E-state index >= 15 is 0 Å². The fourth-order valence-corrected chi connectivity index (χ4v) is 3.08. The maximum Gasteiger partial charge on any atom is 0.410 e. The number of nitrogens with zero attached hydrogens (tertiary/aromatic N) is 4. The number of aromatic nitrogens is 2. The molecule has 2 heterocycles. The van der Waals surface area contributed by atoms with Crippen molar-refractivity contribution < 1.29 is 18.8 Å². The molecule has 1 saturated heterocycles. The summed E-state index contributed by atoms with van der Waals surface area (Å²) in [7, 11) is 0. The van der Waals surface area contributed by atoms with Gasteiger partial charge >= 0.3 is 6.09 Å². The fourth-order valence-electron chi connectivity index (χ4n) is 3.08. The summed E-state index contributed by atoms with van der Waals surface area (Å²) in [5.41, 5.74) is 0.450. The molecule has 0 N–H and O–H groups in total. The third kappa shape index (κ3) is 6.45. The lowest BCUT2D eigenvalue weighted by Crippen LogP contribution is -2.50. The van der Waals surface area contributed by atoms with Crippen LogP contribution in [0.25, 0.3) is 11.4 Å². The van der Waals surface area contributed by atoms with E-state index in [-0.39, 0.29) is 6.09 Å². The predicted molar refractivity (Wildman–Crippen MR) is 109 cm³/mol. The molecule has 8 heteroatoms. The standard InChI is InChI=1S/C21H30N4O4/c1-16-22-19(23-29-16)17-6-8-18(9-7-17)27-15-5-10-24-11-13-25(14-12-24)20(26)28-21(2,3)4/h6-9H,5,10-15H2,1-4H3. The molecule has 1 aliphatic heterocycles. The molecule has 1 fully saturated rings. The average Bonchev–Trinajstić information content (AvgIpc) is 3.11. The third-order valence-electron chi connectivity index (χ3n) is 4.55. The Labute approximate surface area is 171 Å².